The summed E-state index contributed by atoms with van der Waals surface area (Å²) in [6.07, 6.45) is 10.2. The summed E-state index contributed by atoms with van der Waals surface area (Å²) < 4.78 is 0. The first-order chi connectivity index (χ1) is 8.68. The van der Waals surface area contributed by atoms with E-state index < -0.39 is 0 Å². The van der Waals surface area contributed by atoms with Crippen LogP contribution < -0.4 is 10.6 Å². The van der Waals surface area contributed by atoms with E-state index in [1.165, 1.54) is 51.5 Å². The summed E-state index contributed by atoms with van der Waals surface area (Å²) in [5.41, 5.74) is 0. The summed E-state index contributed by atoms with van der Waals surface area (Å²) in [6, 6.07) is 0.607. The number of hydrogen-bond donors (Lipinski definition) is 2. The van der Waals surface area contributed by atoms with Crippen molar-refractivity contribution in [1.29, 1.82) is 0 Å². The molecule has 0 saturated heterocycles. The zero-order chi connectivity index (χ0) is 13.2. The van der Waals surface area contributed by atoms with Crippen LogP contribution in [-0.2, 0) is 0 Å². The second-order valence-electron chi connectivity index (χ2n) is 6.55. The SMILES string of the molecule is CC(C)CNCC(C)NCCCC1CCCCC1. The van der Waals surface area contributed by atoms with Crippen LogP contribution in [0.4, 0.5) is 0 Å². The molecule has 1 atom stereocenters. The van der Waals surface area contributed by atoms with Gasteiger partial charge in [-0.1, -0.05) is 46.0 Å². The fourth-order valence-electron chi connectivity index (χ4n) is 2.88. The van der Waals surface area contributed by atoms with Crippen molar-refractivity contribution >= 4 is 0 Å². The third kappa shape index (κ3) is 8.10. The number of nitrogens with one attached hydrogen (secondary N) is 2. The molecule has 0 amide bonds. The molecule has 0 radical (unpaired) electrons. The van der Waals surface area contributed by atoms with Gasteiger partial charge >= 0.3 is 0 Å². The first kappa shape index (κ1) is 16.0. The molecule has 1 unspecified atom stereocenters. The monoisotopic (exact) mass is 254 g/mol. The van der Waals surface area contributed by atoms with Gasteiger partial charge in [-0.2, -0.15) is 0 Å². The molecule has 1 rings (SSSR count). The lowest BCUT2D eigenvalue weighted by molar-refractivity contribution is 0.327. The van der Waals surface area contributed by atoms with Crippen molar-refractivity contribution in [1.82, 2.24) is 10.6 Å². The van der Waals surface area contributed by atoms with Gasteiger partial charge < -0.3 is 10.6 Å². The van der Waals surface area contributed by atoms with E-state index in [0.29, 0.717) is 6.04 Å². The number of rotatable bonds is 9. The highest BCUT2D eigenvalue weighted by Crippen LogP contribution is 2.26. The third-order valence-corrected chi connectivity index (χ3v) is 4.01. The van der Waals surface area contributed by atoms with E-state index in [2.05, 4.69) is 31.4 Å². The van der Waals surface area contributed by atoms with Gasteiger partial charge in [-0.25, -0.2) is 0 Å². The Morgan fingerprint density at radius 2 is 1.72 bits per heavy atom. The Morgan fingerprint density at radius 1 is 1.00 bits per heavy atom. The van der Waals surface area contributed by atoms with Gasteiger partial charge in [-0.15, -0.1) is 0 Å². The molecule has 0 aromatic carbocycles. The van der Waals surface area contributed by atoms with E-state index in [9.17, 15) is 0 Å². The van der Waals surface area contributed by atoms with Crippen LogP contribution in [-0.4, -0.2) is 25.7 Å². The minimum Gasteiger partial charge on any atom is -0.315 e. The van der Waals surface area contributed by atoms with Crippen LogP contribution in [0.3, 0.4) is 0 Å². The molecule has 0 aliphatic heterocycles. The van der Waals surface area contributed by atoms with Gasteiger partial charge in [-0.3, -0.25) is 0 Å². The highest BCUT2D eigenvalue weighted by molar-refractivity contribution is 4.68. The summed E-state index contributed by atoms with van der Waals surface area (Å²) in [6.45, 7) is 10.2. The fourth-order valence-corrected chi connectivity index (χ4v) is 2.88. The van der Waals surface area contributed by atoms with Crippen molar-refractivity contribution in [2.45, 2.75) is 71.8 Å². The summed E-state index contributed by atoms with van der Waals surface area (Å²) >= 11 is 0. The van der Waals surface area contributed by atoms with Crippen molar-refractivity contribution in [3.05, 3.63) is 0 Å². The Bertz CT molecular complexity index is 186. The molecule has 0 spiro atoms. The minimum atomic E-state index is 0.607. The summed E-state index contributed by atoms with van der Waals surface area (Å²) in [5, 5.41) is 7.15. The fraction of sp³-hybridized carbons (Fsp3) is 1.00. The molecule has 0 bridgehead atoms. The van der Waals surface area contributed by atoms with E-state index in [0.717, 1.165) is 24.9 Å². The van der Waals surface area contributed by atoms with Gasteiger partial charge in [-0.05, 0) is 44.7 Å². The second-order valence-corrected chi connectivity index (χ2v) is 6.55. The van der Waals surface area contributed by atoms with Gasteiger partial charge in [0.2, 0.25) is 0 Å². The van der Waals surface area contributed by atoms with Crippen molar-refractivity contribution in [2.75, 3.05) is 19.6 Å². The Hall–Kier alpha value is -0.0800. The van der Waals surface area contributed by atoms with Crippen LogP contribution in [0.5, 0.6) is 0 Å². The largest absolute Gasteiger partial charge is 0.315 e. The molecule has 108 valence electrons. The topological polar surface area (TPSA) is 24.1 Å². The molecule has 1 aliphatic rings. The van der Waals surface area contributed by atoms with E-state index >= 15 is 0 Å². The third-order valence-electron chi connectivity index (χ3n) is 4.01. The maximum atomic E-state index is 3.63. The van der Waals surface area contributed by atoms with E-state index in [4.69, 9.17) is 0 Å². The first-order valence-electron chi connectivity index (χ1n) is 8.12. The molecule has 0 heterocycles. The van der Waals surface area contributed by atoms with Gasteiger partial charge in [0.25, 0.3) is 0 Å². The lowest BCUT2D eigenvalue weighted by Crippen LogP contribution is -2.38. The molecule has 1 fully saturated rings. The normalized spacial score (nSPS) is 19.3. The second kappa shape index (κ2) is 9.80. The van der Waals surface area contributed by atoms with E-state index in [1.54, 1.807) is 0 Å². The summed E-state index contributed by atoms with van der Waals surface area (Å²) in [5.74, 6) is 1.79. The Balaban J connectivity index is 1.89. The average molecular weight is 254 g/mol. The standard InChI is InChI=1S/C16H34N2/c1-14(2)12-17-13-15(3)18-11-7-10-16-8-5-4-6-9-16/h14-18H,4-13H2,1-3H3. The van der Waals surface area contributed by atoms with Crippen molar-refractivity contribution in [2.24, 2.45) is 11.8 Å². The quantitative estimate of drug-likeness (QED) is 0.615. The lowest BCUT2D eigenvalue weighted by atomic mass is 9.86. The van der Waals surface area contributed by atoms with Crippen molar-refractivity contribution < 1.29 is 0 Å². The van der Waals surface area contributed by atoms with E-state index in [-0.39, 0.29) is 0 Å². The molecular weight excluding hydrogens is 220 g/mol. The van der Waals surface area contributed by atoms with Crippen LogP contribution >= 0.6 is 0 Å². The zero-order valence-corrected chi connectivity index (χ0v) is 12.8. The highest BCUT2D eigenvalue weighted by atomic mass is 15.0. The molecule has 2 nitrogen and oxygen atoms in total. The maximum Gasteiger partial charge on any atom is 0.0164 e. The van der Waals surface area contributed by atoms with Crippen molar-refractivity contribution in [3.63, 3.8) is 0 Å². The average Bonchev–Trinajstić information content (AvgIpc) is 2.35. The van der Waals surface area contributed by atoms with Gasteiger partial charge in [0, 0.05) is 12.6 Å². The zero-order valence-electron chi connectivity index (χ0n) is 12.8. The van der Waals surface area contributed by atoms with E-state index in [1.807, 2.05) is 0 Å². The Morgan fingerprint density at radius 3 is 2.39 bits per heavy atom. The highest BCUT2D eigenvalue weighted by Gasteiger charge is 2.12. The number of hydrogen-bond acceptors (Lipinski definition) is 2. The van der Waals surface area contributed by atoms with Crippen LogP contribution in [0.15, 0.2) is 0 Å². The molecule has 0 aromatic rings. The molecule has 1 aliphatic carbocycles. The molecule has 2 heteroatoms. The minimum absolute atomic E-state index is 0.607. The van der Waals surface area contributed by atoms with Gasteiger partial charge in [0.05, 0.1) is 0 Å². The summed E-state index contributed by atoms with van der Waals surface area (Å²) in [7, 11) is 0. The molecule has 18 heavy (non-hydrogen) atoms. The van der Waals surface area contributed by atoms with Crippen LogP contribution in [0.25, 0.3) is 0 Å². The van der Waals surface area contributed by atoms with Gasteiger partial charge in [0.15, 0.2) is 0 Å². The Labute approximate surface area is 114 Å². The summed E-state index contributed by atoms with van der Waals surface area (Å²) in [4.78, 5) is 0. The predicted octanol–water partition coefficient (Wildman–Crippen LogP) is 3.57. The van der Waals surface area contributed by atoms with Crippen LogP contribution in [0.1, 0.15) is 65.7 Å². The van der Waals surface area contributed by atoms with Crippen molar-refractivity contribution in [3.8, 4) is 0 Å². The Kier molecular flexibility index (Phi) is 8.70. The molecule has 0 aromatic heterocycles. The van der Waals surface area contributed by atoms with Crippen LogP contribution in [0.2, 0.25) is 0 Å². The first-order valence-corrected chi connectivity index (χ1v) is 8.12. The molecule has 1 saturated carbocycles. The lowest BCUT2D eigenvalue weighted by Gasteiger charge is -2.22. The van der Waals surface area contributed by atoms with Gasteiger partial charge in [0.1, 0.15) is 0 Å². The predicted molar refractivity (Wildman–Crippen MR) is 81.0 cm³/mol. The smallest absolute Gasteiger partial charge is 0.0164 e. The molecular formula is C16H34N2. The van der Waals surface area contributed by atoms with Crippen LogP contribution in [0, 0.1) is 11.8 Å². The molecule has 2 N–H and O–H groups in total. The maximum absolute atomic E-state index is 3.63.